The van der Waals surface area contributed by atoms with E-state index in [0.29, 0.717) is 78.7 Å². The third-order valence-electron chi connectivity index (χ3n) is 49.7. The number of fused-ring (bicyclic) bond motifs is 30. The summed E-state index contributed by atoms with van der Waals surface area (Å²) in [6.45, 7) is 27.2. The average molecular weight is 1790 g/mol. The number of aliphatic hydroxyl groups is 6. The van der Waals surface area contributed by atoms with E-state index >= 15 is 0 Å². The molecule has 24 aliphatic rings. The van der Waals surface area contributed by atoms with E-state index in [-0.39, 0.29) is 52.9 Å². The van der Waals surface area contributed by atoms with Gasteiger partial charge in [0, 0.05) is 40.9 Å². The van der Waals surface area contributed by atoms with Gasteiger partial charge in [-0.05, 0) is 530 Å². The minimum atomic E-state index is -0.0539. The Kier molecular flexibility index (Phi) is 26.6. The molecule has 24 aliphatic carbocycles. The fourth-order valence-corrected chi connectivity index (χ4v) is 42.5. The van der Waals surface area contributed by atoms with Crippen LogP contribution < -0.4 is 0 Å². The molecule has 0 aliphatic heterocycles. The van der Waals surface area contributed by atoms with E-state index in [9.17, 15) is 56.5 Å². The van der Waals surface area contributed by atoms with Gasteiger partial charge < -0.3 is 30.6 Å². The fraction of sp³-hybridized carbons (Fsp3) is 0.899. The summed E-state index contributed by atoms with van der Waals surface area (Å²) in [5.74, 6) is 21.0. The summed E-state index contributed by atoms with van der Waals surface area (Å²) in [5, 5.41) is 107. The van der Waals surface area contributed by atoms with E-state index in [2.05, 4.69) is 119 Å². The Bertz CT molecular complexity index is 4220. The minimum Gasteiger partial charge on any atom is -0.393 e. The summed E-state index contributed by atoms with van der Waals surface area (Å²) in [6.07, 6.45) is 68.5. The van der Waals surface area contributed by atoms with Crippen molar-refractivity contribution in [3.63, 3.8) is 0 Å². The van der Waals surface area contributed by atoms with E-state index in [0.717, 1.165) is 283 Å². The lowest BCUT2D eigenvalue weighted by molar-refractivity contribution is -0.133. The molecular formula is C119H179N5O7. The molecule has 0 aromatic rings. The summed E-state index contributed by atoms with van der Waals surface area (Å²) >= 11 is 0. The number of hydrogen-bond acceptors (Lipinski definition) is 12. The maximum absolute atomic E-state index is 12.3. The summed E-state index contributed by atoms with van der Waals surface area (Å²) < 4.78 is 0. The number of carbonyl (C=O) groups is 1. The molecule has 44 atom stereocenters. The van der Waals surface area contributed by atoms with Gasteiger partial charge in [0.2, 0.25) is 0 Å². The number of carbonyl (C=O) groups excluding carboxylic acids is 1. The van der Waals surface area contributed by atoms with Crippen molar-refractivity contribution in [2.75, 3.05) is 0 Å². The number of ketones is 1. The third kappa shape index (κ3) is 16.8. The molecule has 6 N–H and O–H groups in total. The smallest absolute Gasteiger partial charge is 0.139 e. The van der Waals surface area contributed by atoms with Gasteiger partial charge in [-0.3, -0.25) is 4.79 Å². The second-order valence-electron chi connectivity index (χ2n) is 55.2. The Balaban J connectivity index is 0.000000102. The second kappa shape index (κ2) is 36.3. The molecule has 0 saturated heterocycles. The third-order valence-corrected chi connectivity index (χ3v) is 49.7. The summed E-state index contributed by atoms with van der Waals surface area (Å²) in [7, 11) is 0. The van der Waals surface area contributed by atoms with Gasteiger partial charge in [0.15, 0.2) is 0 Å². The van der Waals surface area contributed by atoms with Crippen molar-refractivity contribution >= 4 is 5.78 Å². The molecular weight excluding hydrogens is 1610 g/mol. The first-order chi connectivity index (χ1) is 62.4. The number of hydrogen-bond donors (Lipinski definition) is 6. The maximum Gasteiger partial charge on any atom is 0.139 e. The first kappa shape index (κ1) is 96.0. The van der Waals surface area contributed by atoms with Gasteiger partial charge in [-0.1, -0.05) is 93.9 Å². The molecule has 0 unspecified atom stereocenters. The van der Waals surface area contributed by atoms with Crippen molar-refractivity contribution < 1.29 is 35.4 Å². The minimum absolute atomic E-state index is 0.0299. The van der Waals surface area contributed by atoms with E-state index < -0.39 is 0 Å². The second-order valence-corrected chi connectivity index (χ2v) is 55.2. The van der Waals surface area contributed by atoms with Gasteiger partial charge in [-0.15, -0.1) is 0 Å². The number of aliphatic hydroxyl groups excluding tert-OH is 6. The van der Waals surface area contributed by atoms with E-state index in [4.69, 9.17) is 5.26 Å². The van der Waals surface area contributed by atoms with Crippen LogP contribution in [0.1, 0.15) is 410 Å². The number of nitrogens with zero attached hydrogens (tertiary/aromatic N) is 5. The molecule has 24 rings (SSSR count). The molecule has 722 valence electrons. The molecule has 12 heteroatoms. The zero-order valence-corrected chi connectivity index (χ0v) is 83.9. The number of allylic oxidation sites excluding steroid dienone is 6. The fourth-order valence-electron chi connectivity index (χ4n) is 42.5. The molecule has 22 saturated carbocycles. The molecule has 12 nitrogen and oxygen atoms in total. The Morgan fingerprint density at radius 2 is 0.656 bits per heavy atom. The maximum atomic E-state index is 12.3. The van der Waals surface area contributed by atoms with E-state index in [1.54, 1.807) is 0 Å². The van der Waals surface area contributed by atoms with Crippen molar-refractivity contribution in [1.82, 2.24) is 0 Å². The predicted molar refractivity (Wildman–Crippen MR) is 517 cm³/mol. The van der Waals surface area contributed by atoms with Gasteiger partial charge >= 0.3 is 0 Å². The largest absolute Gasteiger partial charge is 0.393 e. The van der Waals surface area contributed by atoms with Crippen LogP contribution in [0, 0.1) is 276 Å². The monoisotopic (exact) mass is 1790 g/mol. The molecule has 0 aromatic heterocycles. The van der Waals surface area contributed by atoms with Gasteiger partial charge in [0.25, 0.3) is 0 Å². The van der Waals surface area contributed by atoms with Crippen LogP contribution in [0.4, 0.5) is 0 Å². The lowest BCUT2D eigenvalue weighted by atomic mass is 9.45. The molecule has 0 aromatic carbocycles. The van der Waals surface area contributed by atoms with Crippen LogP contribution in [0.2, 0.25) is 0 Å². The highest BCUT2D eigenvalue weighted by atomic mass is 16.3. The summed E-state index contributed by atoms with van der Waals surface area (Å²) in [4.78, 5) is 12.3. The zero-order chi connectivity index (χ0) is 92.3. The molecule has 0 radical (unpaired) electrons. The van der Waals surface area contributed by atoms with Crippen LogP contribution in [0.5, 0.6) is 0 Å². The van der Waals surface area contributed by atoms with Crippen LogP contribution in [0.25, 0.3) is 0 Å². The number of Topliss-reactive ketones (excluding diaryl/α,β-unsaturated/α-hetero) is 1. The molecule has 0 heterocycles. The molecule has 0 amide bonds. The molecule has 131 heavy (non-hydrogen) atoms. The Morgan fingerprint density at radius 3 is 1.04 bits per heavy atom. The standard InChI is InChI=1S/C21H31NO.2C20H31NO.2C20H29NO.C18H28O2/c1-20-8-6-18-17(19(20)11-14(13-20)7-10-22)4-3-15-12-16(23)5-9-21(15,18)2;4*1-19-7-6-17-16(18(19)9-13(11-19)12-21)4-3-14-10-15(22)5-8-20(14,17)2;1-18-9-8-14-13-5-3-12(19)10-11(13)2-4-15(14)16(18)6-7-17(18)20/h7,15-19,23H,3-6,8-9,11-13H2,1-2H3;2*13-18,22H,3-11H2,1-2H3;2*11,14-18,22H,3-10H2,1-2H3;11-16,19H,2-10H2,1H3/b14-7-;;;;;/t15-,16+,17+,18-,19-,20+,21-;13-,14+,15+,16+,17-,18-,19+,20-;13-,14-,15+,16+,17-,18-,19+,20-;14-,15+,16+,17-,18-,19+,20-;14-,15-,16-,17+,18+,19-,20+;11-,12+,13-,14+,15+,16-,18-/m111101/s1. The van der Waals surface area contributed by atoms with Gasteiger partial charge in [-0.2, -0.15) is 26.3 Å². The quantitative estimate of drug-likeness (QED) is 0.124. The Morgan fingerprint density at radius 1 is 0.305 bits per heavy atom. The zero-order valence-electron chi connectivity index (χ0n) is 83.9. The van der Waals surface area contributed by atoms with Crippen molar-refractivity contribution in [2.24, 2.45) is 219 Å². The van der Waals surface area contributed by atoms with Crippen LogP contribution in [-0.2, 0) is 4.79 Å². The normalized spacial score (nSPS) is 55.2. The van der Waals surface area contributed by atoms with Crippen molar-refractivity contribution in [1.29, 1.82) is 26.3 Å². The number of nitriles is 5. The number of rotatable bonds is 0. The lowest BCUT2D eigenvalue weighted by Gasteiger charge is -2.60. The summed E-state index contributed by atoms with van der Waals surface area (Å²) in [6, 6.07) is 12.3. The van der Waals surface area contributed by atoms with Crippen LogP contribution in [-0.4, -0.2) is 73.0 Å². The molecule has 0 spiro atoms. The SMILES string of the molecule is C[C@@]12CC[C@@H]3[C@H](CC[C@@H]4C[C@@H](O)CC[C@]43C)[C@H]1C/C(=C/C#N)C2.C[C@@]12CC[C@@H]3[C@H](CC[C@@H]4C[C@@H](O)CC[C@]43C)[C@H]1C[C@@H](C#N)C2.C[C@@]12CC[C@@H]3[C@H](CC[C@H]4C[C@@H](O)CC[C@]43C)[C@H]1C[C@@H](C#N)C2.C[C@@]12CC[C@H](O)C[C@@H]1CC[C@H]1[C@H]2CC[C@@]2(C)C=C(C#N)C[C@H]12.C[C@@]12CC[C@H](O)C[C@H]1CC[C@H]1[C@H]2CC[C@@]2(C)C=C(C#N)C[C@H]12.C[C@@]12CC[C@H]3[C@@H]4CC[C@H](O)C[C@H]4CC[C@@H]3[C@H]1CCC2=O. The van der Waals surface area contributed by atoms with Gasteiger partial charge in [0.1, 0.15) is 5.78 Å². The van der Waals surface area contributed by atoms with Crippen LogP contribution in [0.15, 0.2) is 34.9 Å². The highest BCUT2D eigenvalue weighted by Gasteiger charge is 2.67. The van der Waals surface area contributed by atoms with Gasteiger partial charge in [-0.25, -0.2) is 0 Å². The van der Waals surface area contributed by atoms with Crippen molar-refractivity contribution in [2.45, 2.75) is 447 Å². The average Bonchev–Trinajstić information content (AvgIpc) is 1.61. The molecule has 0 bridgehead atoms. The Labute approximate surface area is 794 Å². The first-order valence-corrected chi connectivity index (χ1v) is 56.1. The van der Waals surface area contributed by atoms with E-state index in [1.807, 2.05) is 6.08 Å². The summed E-state index contributed by atoms with van der Waals surface area (Å²) in [5.41, 5.74) is 7.70. The van der Waals surface area contributed by atoms with E-state index in [1.165, 1.54) is 198 Å². The van der Waals surface area contributed by atoms with Crippen LogP contribution in [0.3, 0.4) is 0 Å². The predicted octanol–water partition coefficient (Wildman–Crippen LogP) is 26.4. The van der Waals surface area contributed by atoms with Crippen LogP contribution >= 0.6 is 0 Å². The topological polar surface area (TPSA) is 257 Å². The lowest BCUT2D eigenvalue weighted by Crippen LogP contribution is -2.53. The van der Waals surface area contributed by atoms with Crippen molar-refractivity contribution in [3.8, 4) is 30.3 Å². The van der Waals surface area contributed by atoms with Gasteiger partial charge in [0.05, 0.1) is 67.0 Å². The molecule has 22 fully saturated rings. The Hall–Kier alpha value is -3.90. The highest BCUT2D eigenvalue weighted by molar-refractivity contribution is 5.87. The highest BCUT2D eigenvalue weighted by Crippen LogP contribution is 2.74. The van der Waals surface area contributed by atoms with Crippen molar-refractivity contribution in [3.05, 3.63) is 34.9 Å². The first-order valence-electron chi connectivity index (χ1n) is 56.1.